The normalized spacial score (nSPS) is 4.50. The summed E-state index contributed by atoms with van der Waals surface area (Å²) in [5.41, 5.74) is 0. The second-order valence-electron chi connectivity index (χ2n) is 0.0816. The van der Waals surface area contributed by atoms with Crippen molar-refractivity contribution in [2.45, 2.75) is 0 Å². The van der Waals surface area contributed by atoms with Crippen LogP contribution in [-0.2, 0) is 5.04 Å². The summed E-state index contributed by atoms with van der Waals surface area (Å²) < 4.78 is 0. The van der Waals surface area contributed by atoms with Crippen LogP contribution in [0.1, 0.15) is 0 Å². The molecular formula is H4BaO3. The van der Waals surface area contributed by atoms with Crippen LogP contribution in [0.3, 0.4) is 0 Å². The van der Waals surface area contributed by atoms with Gasteiger partial charge in [-0.3, -0.25) is 0 Å². The number of rotatable bonds is 0. The zero-order valence-corrected chi connectivity index (χ0v) is 1.30. The third-order valence-corrected chi connectivity index (χ3v) is 0. The Kier molecular flexibility index (Phi) is 20.0. The Balaban J connectivity index is 0. The molecule has 0 aliphatic rings. The molecule has 0 saturated heterocycles. The molecule has 0 aromatic carbocycles. The number of hydrogen-bond donors (Lipinski definition) is 2. The maximum atomic E-state index is 6.62. The van der Waals surface area contributed by atoms with Crippen molar-refractivity contribution in [3.8, 4) is 0 Å². The average Bonchev–Trinajstić information content (AvgIpc) is 0.918. The minimum absolute atomic E-state index is 0. The summed E-state index contributed by atoms with van der Waals surface area (Å²) in [5.74, 6) is 0. The van der Waals surface area contributed by atoms with E-state index in [1.807, 2.05) is 0 Å². The van der Waals surface area contributed by atoms with Crippen LogP contribution in [0.15, 0.2) is 0 Å². The van der Waals surface area contributed by atoms with E-state index < -0.39 is 0 Å². The fraction of sp³-hybridized carbons (Fsp3) is 0. The van der Waals surface area contributed by atoms with Crippen molar-refractivity contribution >= 4 is 48.9 Å². The van der Waals surface area contributed by atoms with Crippen molar-refractivity contribution in [2.24, 2.45) is 0 Å². The third-order valence-electron chi connectivity index (χ3n) is 0. The summed E-state index contributed by atoms with van der Waals surface area (Å²) in [6.45, 7) is 0. The Bertz CT molecular complexity index is 3.25. The van der Waals surface area contributed by atoms with Crippen LogP contribution in [0.4, 0.5) is 0 Å². The zero-order valence-electron chi connectivity index (χ0n) is 1.30. The Morgan fingerprint density at radius 3 is 1.25 bits per heavy atom. The summed E-state index contributed by atoms with van der Waals surface area (Å²) in [6.07, 6.45) is 0. The van der Waals surface area contributed by atoms with Crippen molar-refractivity contribution in [1.29, 1.82) is 0 Å². The predicted molar refractivity (Wildman–Crippen MR) is 14.9 cm³/mol. The van der Waals surface area contributed by atoms with Crippen LogP contribution in [0.25, 0.3) is 0 Å². The van der Waals surface area contributed by atoms with Gasteiger partial charge in [-0.1, -0.05) is 5.04 Å². The standard InChI is InChI=1S/Ba.H2O3.2H/c;1-3-2;;/h;1-2H;;. The SMILES string of the molecule is OOO.[BaH2]. The van der Waals surface area contributed by atoms with E-state index in [2.05, 4.69) is 5.04 Å². The second-order valence-corrected chi connectivity index (χ2v) is 0.0816. The molecule has 2 N–H and O–H groups in total. The summed E-state index contributed by atoms with van der Waals surface area (Å²) in [7, 11) is 0. The first kappa shape index (κ1) is 9.07. The van der Waals surface area contributed by atoms with Gasteiger partial charge in [0.25, 0.3) is 0 Å². The van der Waals surface area contributed by atoms with Gasteiger partial charge in [0, 0.05) is 0 Å². The molecule has 0 amide bonds. The molecule has 0 heterocycles. The molecule has 0 fully saturated rings. The third kappa shape index (κ3) is 9.85. The van der Waals surface area contributed by atoms with Crippen LogP contribution in [-0.4, -0.2) is 59.4 Å². The average molecular weight is 189 g/mol. The molecular weight excluding hydrogens is 185 g/mol. The van der Waals surface area contributed by atoms with Gasteiger partial charge in [0.1, 0.15) is 0 Å². The molecule has 24 valence electrons. The van der Waals surface area contributed by atoms with E-state index in [0.29, 0.717) is 0 Å². The Morgan fingerprint density at radius 2 is 1.25 bits per heavy atom. The molecule has 0 aliphatic heterocycles. The number of hydrogen-bond acceptors (Lipinski definition) is 3. The van der Waals surface area contributed by atoms with E-state index in [0.717, 1.165) is 0 Å². The van der Waals surface area contributed by atoms with Gasteiger partial charge in [-0.05, 0) is 0 Å². The molecule has 0 atom stereocenters. The first-order chi connectivity index (χ1) is 1.41. The van der Waals surface area contributed by atoms with Crippen LogP contribution < -0.4 is 0 Å². The molecule has 0 aromatic rings. The van der Waals surface area contributed by atoms with Crippen LogP contribution >= 0.6 is 0 Å². The van der Waals surface area contributed by atoms with Gasteiger partial charge in [0.05, 0.1) is 0 Å². The molecule has 0 aliphatic carbocycles. The quantitative estimate of drug-likeness (QED) is 0.293. The van der Waals surface area contributed by atoms with E-state index in [-0.39, 0.29) is 48.9 Å². The first-order valence-electron chi connectivity index (χ1n) is 0.365. The molecule has 0 aromatic heterocycles. The monoisotopic (exact) mass is 190 g/mol. The fourth-order valence-corrected chi connectivity index (χ4v) is 0. The van der Waals surface area contributed by atoms with Crippen LogP contribution in [0.5, 0.6) is 0 Å². The summed E-state index contributed by atoms with van der Waals surface area (Å²) in [4.78, 5) is 0. The van der Waals surface area contributed by atoms with Gasteiger partial charge in [-0.25, -0.2) is 10.5 Å². The van der Waals surface area contributed by atoms with Gasteiger partial charge < -0.3 is 0 Å². The van der Waals surface area contributed by atoms with Crippen LogP contribution in [0, 0.1) is 0 Å². The molecule has 4 heavy (non-hydrogen) atoms. The molecule has 0 spiro atoms. The van der Waals surface area contributed by atoms with Gasteiger partial charge in [-0.2, -0.15) is 0 Å². The van der Waals surface area contributed by atoms with Gasteiger partial charge in [0.15, 0.2) is 0 Å². The summed E-state index contributed by atoms with van der Waals surface area (Å²) in [5, 5.41) is 15.5. The molecule has 4 heteroatoms. The van der Waals surface area contributed by atoms with Crippen molar-refractivity contribution in [3.05, 3.63) is 0 Å². The van der Waals surface area contributed by atoms with E-state index in [4.69, 9.17) is 10.5 Å². The van der Waals surface area contributed by atoms with Crippen molar-refractivity contribution < 1.29 is 15.6 Å². The van der Waals surface area contributed by atoms with Gasteiger partial charge >= 0.3 is 48.9 Å². The molecule has 0 unspecified atom stereocenters. The van der Waals surface area contributed by atoms with Gasteiger partial charge in [-0.15, -0.1) is 0 Å². The summed E-state index contributed by atoms with van der Waals surface area (Å²) in [6, 6.07) is 0. The minimum atomic E-state index is 0. The molecule has 0 bridgehead atoms. The predicted octanol–water partition coefficient (Wildman–Crippen LogP) is -0.967. The van der Waals surface area contributed by atoms with Crippen LogP contribution in [0.2, 0.25) is 0 Å². The molecule has 0 radical (unpaired) electrons. The van der Waals surface area contributed by atoms with E-state index >= 15 is 0 Å². The topological polar surface area (TPSA) is 49.7 Å². The van der Waals surface area contributed by atoms with E-state index in [1.54, 1.807) is 0 Å². The van der Waals surface area contributed by atoms with Gasteiger partial charge in [0.2, 0.25) is 0 Å². The fourth-order valence-electron chi connectivity index (χ4n) is 0. The van der Waals surface area contributed by atoms with Crippen molar-refractivity contribution in [3.63, 3.8) is 0 Å². The van der Waals surface area contributed by atoms with Crippen molar-refractivity contribution in [2.75, 3.05) is 0 Å². The zero-order chi connectivity index (χ0) is 2.71. The molecule has 3 nitrogen and oxygen atoms in total. The maximum absolute atomic E-state index is 6.62. The van der Waals surface area contributed by atoms with E-state index in [9.17, 15) is 0 Å². The second kappa shape index (κ2) is 8.82. The first-order valence-corrected chi connectivity index (χ1v) is 0.365. The Hall–Kier alpha value is 1.45. The Labute approximate surface area is 63.5 Å². The Morgan fingerprint density at radius 1 is 1.25 bits per heavy atom. The summed E-state index contributed by atoms with van der Waals surface area (Å²) >= 11 is 0. The van der Waals surface area contributed by atoms with E-state index in [1.165, 1.54) is 0 Å². The van der Waals surface area contributed by atoms with Crippen molar-refractivity contribution in [1.82, 2.24) is 0 Å². The molecule has 0 rings (SSSR count). The molecule has 0 saturated carbocycles.